The summed E-state index contributed by atoms with van der Waals surface area (Å²) >= 11 is 0.436. The predicted octanol–water partition coefficient (Wildman–Crippen LogP) is 7.06. The molecule has 168 valence electrons. The van der Waals surface area contributed by atoms with E-state index in [-0.39, 0.29) is 11.5 Å². The minimum absolute atomic E-state index is 0.0830. The fraction of sp³-hybridized carbons (Fsp3) is 0.727. The van der Waals surface area contributed by atoms with Crippen molar-refractivity contribution in [3.63, 3.8) is 0 Å². The maximum Gasteiger partial charge on any atom is 0.190 e. The first-order valence-corrected chi connectivity index (χ1v) is 11.7. The van der Waals surface area contributed by atoms with E-state index >= 15 is 0 Å². The molecule has 0 aliphatic carbocycles. The molecule has 4 nitrogen and oxygen atoms in total. The van der Waals surface area contributed by atoms with E-state index in [1.807, 2.05) is 0 Å². The van der Waals surface area contributed by atoms with E-state index in [9.17, 15) is 14.0 Å². The number of halogens is 2. The minimum atomic E-state index is -0.827. The quantitative estimate of drug-likeness (QED) is 0.101. The van der Waals surface area contributed by atoms with Crippen molar-refractivity contribution >= 4 is 12.0 Å². The maximum atomic E-state index is 13.9. The lowest BCUT2D eigenvalue weighted by Crippen LogP contribution is -2.03. The molecule has 0 saturated heterocycles. The zero-order valence-corrected chi connectivity index (χ0v) is 18.4. The van der Waals surface area contributed by atoms with E-state index in [1.165, 1.54) is 70.6 Å². The Morgan fingerprint density at radius 2 is 1.21 bits per heavy atom. The van der Waals surface area contributed by atoms with Gasteiger partial charge in [0.2, 0.25) is 0 Å². The first kappa shape index (κ1) is 26.1. The first-order chi connectivity index (χ1) is 14.2. The van der Waals surface area contributed by atoms with Gasteiger partial charge in [-0.2, -0.15) is 4.33 Å². The Hall–Kier alpha value is -0.890. The number of hydrogen-bond donors (Lipinski definition) is 0. The Labute approximate surface area is 178 Å². The highest BCUT2D eigenvalue weighted by molar-refractivity contribution is 7.94. The number of hydrogen-bond acceptors (Lipinski definition) is 5. The summed E-state index contributed by atoms with van der Waals surface area (Å²) in [6.07, 6.45) is 17.5. The van der Waals surface area contributed by atoms with Gasteiger partial charge < -0.3 is 9.99 Å². The molecule has 0 aliphatic heterocycles. The van der Waals surface area contributed by atoms with E-state index in [0.29, 0.717) is 12.0 Å². The number of unbranched alkanes of at least 4 members (excludes halogenated alkanes) is 13. The van der Waals surface area contributed by atoms with Crippen molar-refractivity contribution < 1.29 is 28.1 Å². The molecular weight excluding hydrogens is 398 g/mol. The molecule has 0 amide bonds. The van der Waals surface area contributed by atoms with Gasteiger partial charge in [0, 0.05) is 4.90 Å². The molecule has 1 aromatic rings. The third-order valence-electron chi connectivity index (χ3n) is 4.87. The van der Waals surface area contributed by atoms with Crippen molar-refractivity contribution in [2.24, 2.45) is 0 Å². The average Bonchev–Trinajstić information content (AvgIpc) is 2.71. The molecule has 0 atom stereocenters. The normalized spacial score (nSPS) is 11.2. The highest BCUT2D eigenvalue weighted by Gasteiger charge is 2.13. The van der Waals surface area contributed by atoms with E-state index in [4.69, 9.17) is 4.74 Å². The van der Waals surface area contributed by atoms with Gasteiger partial charge in [0.25, 0.3) is 0 Å². The molecule has 0 saturated carbocycles. The molecular formula is C22H35F2O4S-. The predicted molar refractivity (Wildman–Crippen MR) is 110 cm³/mol. The van der Waals surface area contributed by atoms with Crippen molar-refractivity contribution in [3.8, 4) is 5.75 Å². The Balaban J connectivity index is 1.98. The molecule has 7 heteroatoms. The Kier molecular flexibility index (Phi) is 16.2. The summed E-state index contributed by atoms with van der Waals surface area (Å²) in [5.41, 5.74) is 0. The highest BCUT2D eigenvalue weighted by Crippen LogP contribution is 2.29. The molecule has 0 N–H and O–H groups in total. The fourth-order valence-corrected chi connectivity index (χ4v) is 3.66. The highest BCUT2D eigenvalue weighted by atomic mass is 32.2. The first-order valence-electron chi connectivity index (χ1n) is 10.9. The fourth-order valence-electron chi connectivity index (χ4n) is 3.25. The van der Waals surface area contributed by atoms with Crippen LogP contribution in [0, 0.1) is 11.6 Å². The van der Waals surface area contributed by atoms with Gasteiger partial charge in [-0.1, -0.05) is 90.4 Å². The van der Waals surface area contributed by atoms with Crippen LogP contribution in [0.2, 0.25) is 0 Å². The lowest BCUT2D eigenvalue weighted by molar-refractivity contribution is -0.777. The Morgan fingerprint density at radius 1 is 0.759 bits per heavy atom. The summed E-state index contributed by atoms with van der Waals surface area (Å²) in [5.74, 6) is -2.05. The zero-order chi connectivity index (χ0) is 21.2. The summed E-state index contributed by atoms with van der Waals surface area (Å²) in [4.78, 5) is 0.0830. The van der Waals surface area contributed by atoms with Crippen LogP contribution in [0.1, 0.15) is 96.8 Å². The Morgan fingerprint density at radius 3 is 1.66 bits per heavy atom. The van der Waals surface area contributed by atoms with Crippen LogP contribution >= 0.6 is 12.0 Å². The third-order valence-corrected chi connectivity index (χ3v) is 5.43. The van der Waals surface area contributed by atoms with Gasteiger partial charge in [0.15, 0.2) is 17.4 Å². The smallest absolute Gasteiger partial charge is 0.190 e. The largest absolute Gasteiger partial charge is 0.691 e. The lowest BCUT2D eigenvalue weighted by atomic mass is 10.0. The molecule has 1 rings (SSSR count). The molecule has 0 aliphatic rings. The summed E-state index contributed by atoms with van der Waals surface area (Å²) in [6, 6.07) is 2.07. The molecule has 0 aromatic heterocycles. The average molecular weight is 434 g/mol. The van der Waals surface area contributed by atoms with Gasteiger partial charge in [-0.25, -0.2) is 8.78 Å². The third kappa shape index (κ3) is 13.1. The second kappa shape index (κ2) is 17.9. The summed E-state index contributed by atoms with van der Waals surface area (Å²) < 4.78 is 37.0. The number of benzene rings is 1. The van der Waals surface area contributed by atoms with Crippen LogP contribution in [0.15, 0.2) is 17.0 Å². The molecule has 0 unspecified atom stereocenters. The molecule has 29 heavy (non-hydrogen) atoms. The monoisotopic (exact) mass is 433 g/mol. The molecule has 0 radical (unpaired) electrons. The number of rotatable bonds is 19. The van der Waals surface area contributed by atoms with Crippen molar-refractivity contribution in [1.29, 1.82) is 0 Å². The maximum absolute atomic E-state index is 13.9. The van der Waals surface area contributed by atoms with Crippen molar-refractivity contribution in [2.75, 3.05) is 6.61 Å². The van der Waals surface area contributed by atoms with Crippen molar-refractivity contribution in [1.82, 2.24) is 0 Å². The van der Waals surface area contributed by atoms with Crippen LogP contribution in [0.4, 0.5) is 8.78 Å². The van der Waals surface area contributed by atoms with Gasteiger partial charge in [-0.3, -0.25) is 5.04 Å². The van der Waals surface area contributed by atoms with Crippen LogP contribution in [0.3, 0.4) is 0 Å². The molecule has 1 aromatic carbocycles. The van der Waals surface area contributed by atoms with Gasteiger partial charge in [0.05, 0.1) is 18.6 Å². The van der Waals surface area contributed by atoms with Crippen LogP contribution in [-0.2, 0) is 9.37 Å². The van der Waals surface area contributed by atoms with E-state index in [0.717, 1.165) is 31.4 Å². The summed E-state index contributed by atoms with van der Waals surface area (Å²) in [5, 5.41) is 12.9. The second-order valence-electron chi connectivity index (χ2n) is 7.38. The van der Waals surface area contributed by atoms with Gasteiger partial charge in [0.1, 0.15) is 0 Å². The van der Waals surface area contributed by atoms with Gasteiger partial charge in [-0.05, 0) is 18.6 Å². The molecule has 0 bridgehead atoms. The van der Waals surface area contributed by atoms with Crippen molar-refractivity contribution in [2.45, 2.75) is 102 Å². The SMILES string of the molecule is CCCCCCCCCCCCCCCCOc1c(F)cc(SOO[O-])cc1F. The van der Waals surface area contributed by atoms with E-state index < -0.39 is 17.4 Å². The van der Waals surface area contributed by atoms with Crippen LogP contribution in [0.5, 0.6) is 5.75 Å². The minimum Gasteiger partial charge on any atom is -0.691 e. The van der Waals surface area contributed by atoms with Gasteiger partial charge in [-0.15, -0.1) is 0 Å². The molecule has 0 heterocycles. The lowest BCUT2D eigenvalue weighted by Gasteiger charge is -2.10. The van der Waals surface area contributed by atoms with Crippen molar-refractivity contribution in [3.05, 3.63) is 23.8 Å². The number of ether oxygens (including phenoxy) is 1. The summed E-state index contributed by atoms with van der Waals surface area (Å²) in [6.45, 7) is 2.52. The van der Waals surface area contributed by atoms with Gasteiger partial charge >= 0.3 is 0 Å². The molecule has 0 fully saturated rings. The Bertz CT molecular complexity index is 509. The zero-order valence-electron chi connectivity index (χ0n) is 17.6. The standard InChI is InChI=1S/C22H36F2O4S/c1-2-3-4-5-6-7-8-9-10-11-12-13-14-15-16-26-22-20(23)17-19(18-21(22)24)29-28-27-25/h17-18,25H,2-16H2,1H3/p-1. The summed E-state index contributed by atoms with van der Waals surface area (Å²) in [7, 11) is 0. The van der Waals surface area contributed by atoms with Crippen LogP contribution in [0.25, 0.3) is 0 Å². The topological polar surface area (TPSA) is 50.8 Å². The van der Waals surface area contributed by atoms with E-state index in [2.05, 4.69) is 16.3 Å². The molecule has 0 spiro atoms. The van der Waals surface area contributed by atoms with E-state index in [1.54, 1.807) is 0 Å². The van der Waals surface area contributed by atoms with Crippen LogP contribution < -0.4 is 9.99 Å². The van der Waals surface area contributed by atoms with Crippen LogP contribution in [-0.4, -0.2) is 6.61 Å². The second-order valence-corrected chi connectivity index (χ2v) is 8.15.